The van der Waals surface area contributed by atoms with E-state index in [1.165, 1.54) is 19.3 Å². The van der Waals surface area contributed by atoms with Crippen molar-refractivity contribution in [3.8, 4) is 11.6 Å². The van der Waals surface area contributed by atoms with E-state index >= 15 is 0 Å². The first-order valence-electron chi connectivity index (χ1n) is 5.44. The zero-order chi connectivity index (χ0) is 10.7. The first kappa shape index (κ1) is 10.3. The third-order valence-electron chi connectivity index (χ3n) is 2.86. The molecule has 0 N–H and O–H groups in total. The van der Waals surface area contributed by atoms with Crippen LogP contribution in [0.2, 0.25) is 0 Å². The second kappa shape index (κ2) is 4.51. The molecule has 2 rings (SSSR count). The highest BCUT2D eigenvalue weighted by atomic mass is 16.5. The molecule has 0 spiro atoms. The number of nitrogens with zero attached hydrogens (tertiary/aromatic N) is 1. The quantitative estimate of drug-likeness (QED) is 0.760. The maximum absolute atomic E-state index is 5.70. The molecule has 0 aromatic carbocycles. The summed E-state index contributed by atoms with van der Waals surface area (Å²) in [5.74, 6) is 2.08. The molecule has 3 nitrogen and oxygen atoms in total. The van der Waals surface area contributed by atoms with E-state index in [4.69, 9.17) is 9.47 Å². The molecule has 1 aliphatic carbocycles. The Hall–Kier alpha value is -1.25. The molecule has 0 aliphatic heterocycles. The third kappa shape index (κ3) is 2.41. The highest BCUT2D eigenvalue weighted by molar-refractivity contribution is 5.34. The summed E-state index contributed by atoms with van der Waals surface area (Å²) in [5.41, 5.74) is 0.947. The molecule has 0 amide bonds. The highest BCUT2D eigenvalue weighted by Crippen LogP contribution is 2.29. The number of methoxy groups -OCH3 is 1. The Bertz CT molecular complexity index is 334. The van der Waals surface area contributed by atoms with Crippen LogP contribution in [0.3, 0.4) is 0 Å². The smallest absolute Gasteiger partial charge is 0.256 e. The van der Waals surface area contributed by atoms with Crippen LogP contribution in [0.4, 0.5) is 0 Å². The summed E-state index contributed by atoms with van der Waals surface area (Å²) in [6.07, 6.45) is 3.93. The van der Waals surface area contributed by atoms with Crippen LogP contribution in [0.25, 0.3) is 0 Å². The van der Waals surface area contributed by atoms with Gasteiger partial charge in [-0.05, 0) is 37.8 Å². The van der Waals surface area contributed by atoms with Crippen LogP contribution < -0.4 is 9.47 Å². The van der Waals surface area contributed by atoms with Crippen molar-refractivity contribution >= 4 is 0 Å². The van der Waals surface area contributed by atoms with Crippen LogP contribution in [-0.4, -0.2) is 18.7 Å². The van der Waals surface area contributed by atoms with Gasteiger partial charge in [0.15, 0.2) is 5.75 Å². The average molecular weight is 207 g/mol. The number of pyridine rings is 1. The van der Waals surface area contributed by atoms with Crippen LogP contribution >= 0.6 is 0 Å². The van der Waals surface area contributed by atoms with Crippen LogP contribution in [-0.2, 0) is 0 Å². The Balaban J connectivity index is 1.99. The van der Waals surface area contributed by atoms with E-state index in [2.05, 4.69) is 4.98 Å². The van der Waals surface area contributed by atoms with Gasteiger partial charge in [-0.2, -0.15) is 0 Å². The van der Waals surface area contributed by atoms with E-state index in [1.807, 2.05) is 19.1 Å². The van der Waals surface area contributed by atoms with Gasteiger partial charge in [-0.1, -0.05) is 6.42 Å². The van der Waals surface area contributed by atoms with Crippen molar-refractivity contribution in [2.45, 2.75) is 26.2 Å². The highest BCUT2D eigenvalue weighted by Gasteiger charge is 2.18. The summed E-state index contributed by atoms with van der Waals surface area (Å²) in [4.78, 5) is 4.27. The zero-order valence-corrected chi connectivity index (χ0v) is 9.32. The lowest BCUT2D eigenvalue weighted by atomic mass is 9.86. The summed E-state index contributed by atoms with van der Waals surface area (Å²) in [6.45, 7) is 2.74. The zero-order valence-electron chi connectivity index (χ0n) is 9.32. The van der Waals surface area contributed by atoms with Crippen molar-refractivity contribution in [1.29, 1.82) is 0 Å². The van der Waals surface area contributed by atoms with Gasteiger partial charge >= 0.3 is 0 Å². The fraction of sp³-hybridized carbons (Fsp3) is 0.583. The second-order valence-corrected chi connectivity index (χ2v) is 4.07. The number of hydrogen-bond donors (Lipinski definition) is 0. The van der Waals surface area contributed by atoms with Crippen molar-refractivity contribution < 1.29 is 9.47 Å². The van der Waals surface area contributed by atoms with Crippen LogP contribution in [0.5, 0.6) is 11.6 Å². The molecular weight excluding hydrogens is 190 g/mol. The average Bonchev–Trinajstić information content (AvgIpc) is 2.17. The number of hydrogen-bond acceptors (Lipinski definition) is 3. The molecule has 1 aliphatic rings. The summed E-state index contributed by atoms with van der Waals surface area (Å²) in [7, 11) is 1.62. The normalized spacial score (nSPS) is 15.9. The number of aromatic nitrogens is 1. The molecule has 0 saturated heterocycles. The lowest BCUT2D eigenvalue weighted by molar-refractivity contribution is 0.174. The predicted molar refractivity (Wildman–Crippen MR) is 58.4 cm³/mol. The third-order valence-corrected chi connectivity index (χ3v) is 2.86. The number of aryl methyl sites for hydroxylation is 1. The minimum atomic E-state index is 0.592. The Labute approximate surface area is 90.4 Å². The van der Waals surface area contributed by atoms with Crippen molar-refractivity contribution in [3.05, 3.63) is 17.8 Å². The Morgan fingerprint density at radius 3 is 2.80 bits per heavy atom. The molecule has 0 bridgehead atoms. The molecule has 1 heterocycles. The number of ether oxygens (including phenoxy) is 2. The molecule has 15 heavy (non-hydrogen) atoms. The van der Waals surface area contributed by atoms with Crippen LogP contribution in [0.15, 0.2) is 12.1 Å². The van der Waals surface area contributed by atoms with E-state index in [0.717, 1.165) is 24.0 Å². The van der Waals surface area contributed by atoms with Gasteiger partial charge in [0, 0.05) is 5.69 Å². The monoisotopic (exact) mass is 207 g/mol. The largest absolute Gasteiger partial charge is 0.488 e. The van der Waals surface area contributed by atoms with Crippen molar-refractivity contribution in [2.24, 2.45) is 5.92 Å². The van der Waals surface area contributed by atoms with E-state index in [-0.39, 0.29) is 0 Å². The molecule has 0 radical (unpaired) electrons. The molecule has 1 aromatic heterocycles. The van der Waals surface area contributed by atoms with Gasteiger partial charge in [-0.3, -0.25) is 0 Å². The van der Waals surface area contributed by atoms with Crippen molar-refractivity contribution in [1.82, 2.24) is 4.98 Å². The summed E-state index contributed by atoms with van der Waals surface area (Å²) in [6, 6.07) is 3.87. The molecule has 0 unspecified atom stereocenters. The lowest BCUT2D eigenvalue weighted by Crippen LogP contribution is -2.19. The molecule has 3 heteroatoms. The molecular formula is C12H17NO2. The van der Waals surface area contributed by atoms with E-state index in [9.17, 15) is 0 Å². The van der Waals surface area contributed by atoms with Gasteiger partial charge in [0.2, 0.25) is 0 Å². The van der Waals surface area contributed by atoms with Gasteiger partial charge in [0.1, 0.15) is 0 Å². The predicted octanol–water partition coefficient (Wildman–Crippen LogP) is 2.58. The molecule has 1 saturated carbocycles. The molecule has 1 fully saturated rings. The van der Waals surface area contributed by atoms with Gasteiger partial charge in [0.25, 0.3) is 5.88 Å². The van der Waals surface area contributed by atoms with E-state index < -0.39 is 0 Å². The fourth-order valence-electron chi connectivity index (χ4n) is 1.64. The molecule has 82 valence electrons. The van der Waals surface area contributed by atoms with E-state index in [0.29, 0.717) is 5.88 Å². The summed E-state index contributed by atoms with van der Waals surface area (Å²) < 4.78 is 10.9. The first-order chi connectivity index (χ1) is 7.29. The standard InChI is InChI=1S/C12H17NO2/c1-9-6-7-11(12(13-9)14-2)15-8-10-4-3-5-10/h6-7,10H,3-5,8H2,1-2H3. The van der Waals surface area contributed by atoms with Gasteiger partial charge in [0.05, 0.1) is 13.7 Å². The summed E-state index contributed by atoms with van der Waals surface area (Å²) >= 11 is 0. The lowest BCUT2D eigenvalue weighted by Gasteiger charge is -2.25. The first-order valence-corrected chi connectivity index (χ1v) is 5.44. The Morgan fingerprint density at radius 1 is 1.40 bits per heavy atom. The molecule has 0 atom stereocenters. The van der Waals surface area contributed by atoms with Gasteiger partial charge in [-0.25, -0.2) is 4.98 Å². The Kier molecular flexibility index (Phi) is 3.09. The maximum atomic E-state index is 5.70. The SMILES string of the molecule is COc1nc(C)ccc1OCC1CCC1. The van der Waals surface area contributed by atoms with Gasteiger partial charge < -0.3 is 9.47 Å². The minimum absolute atomic E-state index is 0.592. The minimum Gasteiger partial charge on any atom is -0.488 e. The van der Waals surface area contributed by atoms with Crippen LogP contribution in [0, 0.1) is 12.8 Å². The topological polar surface area (TPSA) is 31.4 Å². The Morgan fingerprint density at radius 2 is 2.20 bits per heavy atom. The second-order valence-electron chi connectivity index (χ2n) is 4.07. The van der Waals surface area contributed by atoms with Gasteiger partial charge in [-0.15, -0.1) is 0 Å². The summed E-state index contributed by atoms with van der Waals surface area (Å²) in [5, 5.41) is 0. The van der Waals surface area contributed by atoms with Crippen molar-refractivity contribution in [3.63, 3.8) is 0 Å². The number of rotatable bonds is 4. The van der Waals surface area contributed by atoms with Crippen LogP contribution in [0.1, 0.15) is 25.0 Å². The fourth-order valence-corrected chi connectivity index (χ4v) is 1.64. The molecule has 1 aromatic rings. The van der Waals surface area contributed by atoms with Crippen molar-refractivity contribution in [2.75, 3.05) is 13.7 Å². The van der Waals surface area contributed by atoms with E-state index in [1.54, 1.807) is 7.11 Å². The maximum Gasteiger partial charge on any atom is 0.256 e.